The molecule has 220 valence electrons. The largest absolute Gasteiger partial charge is 0.493 e. The molecule has 0 amide bonds. The lowest BCUT2D eigenvalue weighted by Crippen LogP contribution is -2.28. The van der Waals surface area contributed by atoms with Gasteiger partial charge >= 0.3 is 6.18 Å². The van der Waals surface area contributed by atoms with Crippen molar-refractivity contribution < 1.29 is 27.5 Å². The summed E-state index contributed by atoms with van der Waals surface area (Å²) in [4.78, 5) is 14.1. The molecule has 0 aromatic heterocycles. The fraction of sp³-hybridized carbons (Fsp3) is 0.310. The molecule has 3 rings (SSSR count). The Bertz CT molecular complexity index is 1290. The number of hydrogen-bond acceptors (Lipinski definition) is 8. The summed E-state index contributed by atoms with van der Waals surface area (Å²) in [6.07, 6.45) is 6.36. The molecular formula is C29H33ClF3N5O3. The summed E-state index contributed by atoms with van der Waals surface area (Å²) < 4.78 is 50.2. The van der Waals surface area contributed by atoms with E-state index in [1.54, 1.807) is 18.4 Å². The van der Waals surface area contributed by atoms with Crippen LogP contribution in [0, 0.1) is 0 Å². The highest BCUT2D eigenvalue weighted by molar-refractivity contribution is 6.19. The third-order valence-corrected chi connectivity index (χ3v) is 6.20. The second-order valence-electron chi connectivity index (χ2n) is 8.80. The molecule has 1 aromatic carbocycles. The Kier molecular flexibility index (Phi) is 11.7. The maximum Gasteiger partial charge on any atom is 0.416 e. The normalized spacial score (nSPS) is 23.6. The summed E-state index contributed by atoms with van der Waals surface area (Å²) in [5.74, 6) is 2.11. The molecule has 8 nitrogen and oxygen atoms in total. The second-order valence-corrected chi connectivity index (χ2v) is 9.06. The summed E-state index contributed by atoms with van der Waals surface area (Å²) >= 11 is 6.06. The van der Waals surface area contributed by atoms with Gasteiger partial charge in [0.2, 0.25) is 5.90 Å². The topological polar surface area (TPSA) is 88.5 Å². The molecule has 2 heterocycles. The Morgan fingerprint density at radius 3 is 2.66 bits per heavy atom. The molecule has 0 saturated heterocycles. The van der Waals surface area contributed by atoms with Crippen molar-refractivity contribution in [1.29, 1.82) is 0 Å². The van der Waals surface area contributed by atoms with Crippen LogP contribution in [0.5, 0.6) is 0 Å². The van der Waals surface area contributed by atoms with Gasteiger partial charge in [0.1, 0.15) is 19.1 Å². The van der Waals surface area contributed by atoms with E-state index in [9.17, 15) is 13.2 Å². The van der Waals surface area contributed by atoms with Gasteiger partial charge in [-0.1, -0.05) is 25.2 Å². The number of nitrogens with one attached hydrogen (secondary N) is 3. The third kappa shape index (κ3) is 9.29. The number of hydroxylamine groups is 1. The molecule has 1 aromatic rings. The zero-order chi connectivity index (χ0) is 29.8. The van der Waals surface area contributed by atoms with Crippen molar-refractivity contribution in [1.82, 2.24) is 16.1 Å². The lowest BCUT2D eigenvalue weighted by atomic mass is 10.1. The molecule has 0 fully saturated rings. The molecule has 3 N–H and O–H groups in total. The summed E-state index contributed by atoms with van der Waals surface area (Å²) in [5.41, 5.74) is 5.04. The summed E-state index contributed by atoms with van der Waals surface area (Å²) in [5, 5.41) is 6.63. The van der Waals surface area contributed by atoms with E-state index in [0.29, 0.717) is 35.5 Å². The van der Waals surface area contributed by atoms with Crippen LogP contribution in [0.2, 0.25) is 0 Å². The predicted molar refractivity (Wildman–Crippen MR) is 155 cm³/mol. The van der Waals surface area contributed by atoms with E-state index in [4.69, 9.17) is 25.9 Å². The van der Waals surface area contributed by atoms with E-state index >= 15 is 0 Å². The van der Waals surface area contributed by atoms with E-state index in [0.717, 1.165) is 35.4 Å². The first-order valence-corrected chi connectivity index (χ1v) is 13.3. The van der Waals surface area contributed by atoms with Crippen molar-refractivity contribution in [2.75, 3.05) is 26.3 Å². The molecule has 12 heteroatoms. The van der Waals surface area contributed by atoms with Gasteiger partial charge in [-0.2, -0.15) is 13.2 Å². The number of nitrogens with zero attached hydrogens (tertiary/aromatic N) is 2. The minimum Gasteiger partial charge on any atom is -0.493 e. The first-order chi connectivity index (χ1) is 19.7. The van der Waals surface area contributed by atoms with Crippen LogP contribution < -0.4 is 16.1 Å². The van der Waals surface area contributed by atoms with E-state index in [1.807, 2.05) is 32.1 Å². The molecule has 2 aliphatic heterocycles. The number of ether oxygens (including phenoxy) is 2. The van der Waals surface area contributed by atoms with E-state index in [2.05, 4.69) is 32.7 Å². The molecule has 1 atom stereocenters. The Balaban J connectivity index is 1.77. The fourth-order valence-electron chi connectivity index (χ4n) is 3.63. The highest BCUT2D eigenvalue weighted by atomic mass is 35.5. The molecule has 0 radical (unpaired) electrons. The summed E-state index contributed by atoms with van der Waals surface area (Å²) in [7, 11) is 1.53. The summed E-state index contributed by atoms with van der Waals surface area (Å²) in [6.45, 7) is 8.08. The monoisotopic (exact) mass is 591 g/mol. The number of rotatable bonds is 11. The van der Waals surface area contributed by atoms with Crippen LogP contribution in [0.1, 0.15) is 31.4 Å². The van der Waals surface area contributed by atoms with Gasteiger partial charge in [0.25, 0.3) is 0 Å². The van der Waals surface area contributed by atoms with Gasteiger partial charge in [-0.05, 0) is 61.4 Å². The van der Waals surface area contributed by atoms with Crippen molar-refractivity contribution in [2.24, 2.45) is 9.98 Å². The summed E-state index contributed by atoms with van der Waals surface area (Å²) in [6, 6.07) is 4.56. The number of methoxy groups -OCH3 is 1. The number of hydrogen-bond donors (Lipinski definition) is 3. The standard InChI is InChI=1S/C29H33ClF3N5O3/c1-5-7-23(15-20(6-2)16-30)36-27-19(3)14-25(39-4)24(12-13-34-18-35-27)40-17-26-37-28(41-38-26)21-8-10-22(11-9-21)29(31,32)33/h5,7-15,26,35-36,38H,1,6,16-18H2,2-4H3/b20-15-,23-7+,24-12+,25-14+,27-19-,34-13+. The molecule has 0 saturated carbocycles. The van der Waals surface area contributed by atoms with Crippen LogP contribution in [0.3, 0.4) is 0 Å². The van der Waals surface area contributed by atoms with Crippen LogP contribution in [0.15, 0.2) is 105 Å². The Hall–Kier alpha value is -3.96. The number of halogens is 4. The Labute approximate surface area is 242 Å². The van der Waals surface area contributed by atoms with Crippen LogP contribution >= 0.6 is 11.6 Å². The molecule has 0 spiro atoms. The average Bonchev–Trinajstić information content (AvgIpc) is 3.44. The van der Waals surface area contributed by atoms with E-state index in [-0.39, 0.29) is 12.5 Å². The minimum absolute atomic E-state index is 0.0475. The van der Waals surface area contributed by atoms with Crippen LogP contribution in [-0.4, -0.2) is 44.5 Å². The van der Waals surface area contributed by atoms with Gasteiger partial charge in [-0.25, -0.2) is 4.99 Å². The maximum absolute atomic E-state index is 12.9. The van der Waals surface area contributed by atoms with E-state index < -0.39 is 17.9 Å². The zero-order valence-corrected chi connectivity index (χ0v) is 23.8. The van der Waals surface area contributed by atoms with Gasteiger partial charge < -0.3 is 24.9 Å². The SMILES string of the molecule is C=C/C=C(\C=C(\CC)CCl)N\C1=C(C)/C=C(OC)\C(OCC2N=C(c3ccc(C(F)(F)F)cc3)ON2)=C/C=N/CN1. The number of aliphatic imine (C=N–C) groups is 2. The lowest BCUT2D eigenvalue weighted by Gasteiger charge is -2.19. The molecule has 2 aliphatic rings. The lowest BCUT2D eigenvalue weighted by molar-refractivity contribution is -0.137. The second kappa shape index (κ2) is 15.2. The Morgan fingerprint density at radius 1 is 1.27 bits per heavy atom. The number of benzene rings is 1. The molecule has 1 unspecified atom stereocenters. The average molecular weight is 592 g/mol. The number of alkyl halides is 4. The van der Waals surface area contributed by atoms with Crippen molar-refractivity contribution in [2.45, 2.75) is 32.6 Å². The van der Waals surface area contributed by atoms with Gasteiger partial charge in [0.05, 0.1) is 12.7 Å². The van der Waals surface area contributed by atoms with Gasteiger partial charge in [0.15, 0.2) is 17.7 Å². The minimum atomic E-state index is -4.42. The molecule has 0 aliphatic carbocycles. The van der Waals surface area contributed by atoms with Crippen LogP contribution in [-0.2, 0) is 20.5 Å². The third-order valence-electron chi connectivity index (χ3n) is 5.86. The maximum atomic E-state index is 12.9. The number of allylic oxidation sites excluding steroid dienone is 7. The highest BCUT2D eigenvalue weighted by Gasteiger charge is 2.30. The fourth-order valence-corrected chi connectivity index (χ4v) is 3.89. The van der Waals surface area contributed by atoms with Crippen molar-refractivity contribution in [3.05, 3.63) is 107 Å². The van der Waals surface area contributed by atoms with Gasteiger partial charge in [-0.15, -0.1) is 17.1 Å². The highest BCUT2D eigenvalue weighted by Crippen LogP contribution is 2.29. The molecule has 0 bridgehead atoms. The van der Waals surface area contributed by atoms with Crippen LogP contribution in [0.25, 0.3) is 0 Å². The molecular weight excluding hydrogens is 559 g/mol. The first kappa shape index (κ1) is 31.6. The Morgan fingerprint density at radius 2 is 2.02 bits per heavy atom. The van der Waals surface area contributed by atoms with Gasteiger partial charge in [-0.3, -0.25) is 4.99 Å². The van der Waals surface area contributed by atoms with Crippen molar-refractivity contribution >= 4 is 23.7 Å². The predicted octanol–water partition coefficient (Wildman–Crippen LogP) is 5.84. The van der Waals surface area contributed by atoms with Crippen molar-refractivity contribution in [3.63, 3.8) is 0 Å². The van der Waals surface area contributed by atoms with Crippen LogP contribution in [0.4, 0.5) is 13.2 Å². The molecule has 41 heavy (non-hydrogen) atoms. The first-order valence-electron chi connectivity index (χ1n) is 12.7. The quantitative estimate of drug-likeness (QED) is 0.221. The van der Waals surface area contributed by atoms with Gasteiger partial charge in [0, 0.05) is 29.4 Å². The van der Waals surface area contributed by atoms with E-state index in [1.165, 1.54) is 19.2 Å². The van der Waals surface area contributed by atoms with Crippen molar-refractivity contribution in [3.8, 4) is 0 Å². The smallest absolute Gasteiger partial charge is 0.416 e. The zero-order valence-electron chi connectivity index (χ0n) is 23.0.